The highest BCUT2D eigenvalue weighted by molar-refractivity contribution is 5.92. The Bertz CT molecular complexity index is 626. The molecule has 0 bridgehead atoms. The molecule has 7 nitrogen and oxygen atoms in total. The van der Waals surface area contributed by atoms with E-state index in [-0.39, 0.29) is 18.4 Å². The normalized spacial score (nSPS) is 23.8. The predicted molar refractivity (Wildman–Crippen MR) is 93.4 cm³/mol. The van der Waals surface area contributed by atoms with Crippen LogP contribution in [0.2, 0.25) is 0 Å². The van der Waals surface area contributed by atoms with Crippen molar-refractivity contribution in [3.05, 3.63) is 11.8 Å². The van der Waals surface area contributed by atoms with Gasteiger partial charge in [0.15, 0.2) is 12.3 Å². The highest BCUT2D eigenvalue weighted by Gasteiger charge is 2.28. The molecule has 7 heteroatoms. The van der Waals surface area contributed by atoms with Crippen LogP contribution >= 0.6 is 0 Å². The minimum absolute atomic E-state index is 0.00898. The molecule has 0 N–H and O–H groups in total. The number of nitrogens with zero attached hydrogens (tertiary/aromatic N) is 4. The zero-order valence-electron chi connectivity index (χ0n) is 15.4. The van der Waals surface area contributed by atoms with Gasteiger partial charge < -0.3 is 14.5 Å². The molecule has 0 unspecified atom stereocenters. The molecule has 3 rings (SSSR count). The van der Waals surface area contributed by atoms with Crippen molar-refractivity contribution in [2.45, 2.75) is 33.1 Å². The standard InChI is InChI=1S/C18H28N4O3/c1-13-8-14(2)11-22(10-13)18(24)15-9-17(20(3)19-15)25-12-16(23)21-6-4-5-7-21/h9,13-14H,4-8,10-12H2,1-3H3/t13-,14-/m1/s1. The molecule has 2 atom stereocenters. The summed E-state index contributed by atoms with van der Waals surface area (Å²) in [6, 6.07) is 1.64. The van der Waals surface area contributed by atoms with E-state index in [0.717, 1.165) is 45.4 Å². The van der Waals surface area contributed by atoms with E-state index < -0.39 is 0 Å². The Balaban J connectivity index is 1.61. The largest absolute Gasteiger partial charge is 0.468 e. The van der Waals surface area contributed by atoms with Gasteiger partial charge in [-0.3, -0.25) is 9.59 Å². The minimum Gasteiger partial charge on any atom is -0.468 e. The van der Waals surface area contributed by atoms with E-state index in [2.05, 4.69) is 18.9 Å². The van der Waals surface area contributed by atoms with Gasteiger partial charge in [0.1, 0.15) is 0 Å². The Hall–Kier alpha value is -2.05. The number of ether oxygens (including phenoxy) is 1. The molecule has 2 fully saturated rings. The van der Waals surface area contributed by atoms with E-state index in [0.29, 0.717) is 23.4 Å². The lowest BCUT2D eigenvalue weighted by Crippen LogP contribution is -2.42. The molecule has 0 radical (unpaired) electrons. The van der Waals surface area contributed by atoms with Gasteiger partial charge in [0, 0.05) is 39.3 Å². The fourth-order valence-electron chi connectivity index (χ4n) is 3.87. The molecule has 1 aromatic rings. The SMILES string of the molecule is C[C@@H]1C[C@@H](C)CN(C(=O)c2cc(OCC(=O)N3CCCC3)n(C)n2)C1. The summed E-state index contributed by atoms with van der Waals surface area (Å²) in [5, 5.41) is 4.29. The molecule has 2 saturated heterocycles. The number of aryl methyl sites for hydroxylation is 1. The van der Waals surface area contributed by atoms with E-state index >= 15 is 0 Å². The van der Waals surface area contributed by atoms with Gasteiger partial charge >= 0.3 is 0 Å². The van der Waals surface area contributed by atoms with Crippen LogP contribution in [0.15, 0.2) is 6.07 Å². The minimum atomic E-state index is -0.0604. The number of rotatable bonds is 4. The van der Waals surface area contributed by atoms with E-state index in [1.54, 1.807) is 13.1 Å². The maximum atomic E-state index is 12.7. The first-order chi connectivity index (χ1) is 11.9. The molecule has 2 aliphatic rings. The Morgan fingerprint density at radius 1 is 1.16 bits per heavy atom. The molecule has 25 heavy (non-hydrogen) atoms. The van der Waals surface area contributed by atoms with Crippen molar-refractivity contribution < 1.29 is 14.3 Å². The first-order valence-corrected chi connectivity index (χ1v) is 9.18. The highest BCUT2D eigenvalue weighted by Crippen LogP contribution is 2.23. The van der Waals surface area contributed by atoms with Gasteiger partial charge in [-0.05, 0) is 31.1 Å². The molecule has 2 amide bonds. The molecule has 138 valence electrons. The van der Waals surface area contributed by atoms with Gasteiger partial charge in [-0.25, -0.2) is 4.68 Å². The number of hydrogen-bond acceptors (Lipinski definition) is 4. The van der Waals surface area contributed by atoms with Crippen molar-refractivity contribution in [1.29, 1.82) is 0 Å². The van der Waals surface area contributed by atoms with Crippen LogP contribution in [-0.4, -0.2) is 64.2 Å². The maximum absolute atomic E-state index is 12.7. The number of hydrogen-bond donors (Lipinski definition) is 0. The number of carbonyl (C=O) groups excluding carboxylic acids is 2. The average molecular weight is 348 g/mol. The van der Waals surface area contributed by atoms with Crippen LogP contribution in [0.3, 0.4) is 0 Å². The van der Waals surface area contributed by atoms with E-state index in [1.165, 1.54) is 4.68 Å². The molecule has 2 aliphatic heterocycles. The topological polar surface area (TPSA) is 67.7 Å². The molecular formula is C18H28N4O3. The van der Waals surface area contributed by atoms with E-state index in [9.17, 15) is 9.59 Å². The molecule has 0 spiro atoms. The quantitative estimate of drug-likeness (QED) is 0.828. The van der Waals surface area contributed by atoms with Crippen molar-refractivity contribution >= 4 is 11.8 Å². The second kappa shape index (κ2) is 7.45. The third-order valence-electron chi connectivity index (χ3n) is 5.01. The third kappa shape index (κ3) is 4.14. The van der Waals surface area contributed by atoms with Gasteiger partial charge in [0.2, 0.25) is 5.88 Å². The first kappa shape index (κ1) is 17.8. The van der Waals surface area contributed by atoms with Crippen LogP contribution in [-0.2, 0) is 11.8 Å². The number of carbonyl (C=O) groups is 2. The second-order valence-corrected chi connectivity index (χ2v) is 7.52. The van der Waals surface area contributed by atoms with Crippen molar-refractivity contribution in [1.82, 2.24) is 19.6 Å². The zero-order valence-corrected chi connectivity index (χ0v) is 15.4. The maximum Gasteiger partial charge on any atom is 0.274 e. The van der Waals surface area contributed by atoms with Gasteiger partial charge in [0.25, 0.3) is 11.8 Å². The summed E-state index contributed by atoms with van der Waals surface area (Å²) in [5.41, 5.74) is 0.382. The summed E-state index contributed by atoms with van der Waals surface area (Å²) >= 11 is 0. The van der Waals surface area contributed by atoms with Crippen LogP contribution < -0.4 is 4.74 Å². The van der Waals surface area contributed by atoms with E-state index in [1.807, 2.05) is 9.80 Å². The fraction of sp³-hybridized carbons (Fsp3) is 0.722. The fourth-order valence-corrected chi connectivity index (χ4v) is 3.87. The molecule has 0 aliphatic carbocycles. The Labute approximate surface area is 148 Å². The summed E-state index contributed by atoms with van der Waals surface area (Å²) in [7, 11) is 1.73. The Morgan fingerprint density at radius 2 is 1.80 bits per heavy atom. The summed E-state index contributed by atoms with van der Waals surface area (Å²) in [5.74, 6) is 1.39. The van der Waals surface area contributed by atoms with Crippen molar-refractivity contribution in [3.63, 3.8) is 0 Å². The number of likely N-dealkylation sites (tertiary alicyclic amines) is 2. The predicted octanol–water partition coefficient (Wildman–Crippen LogP) is 1.54. The summed E-state index contributed by atoms with van der Waals surface area (Å²) < 4.78 is 7.14. The summed E-state index contributed by atoms with van der Waals surface area (Å²) in [4.78, 5) is 28.5. The number of aromatic nitrogens is 2. The van der Waals surface area contributed by atoms with Crippen LogP contribution in [0.1, 0.15) is 43.6 Å². The van der Waals surface area contributed by atoms with Gasteiger partial charge in [-0.2, -0.15) is 5.10 Å². The first-order valence-electron chi connectivity index (χ1n) is 9.18. The zero-order chi connectivity index (χ0) is 18.0. The summed E-state index contributed by atoms with van der Waals surface area (Å²) in [6.45, 7) is 7.49. The molecule has 1 aromatic heterocycles. The van der Waals surface area contributed by atoms with Crippen LogP contribution in [0.4, 0.5) is 0 Å². The second-order valence-electron chi connectivity index (χ2n) is 7.52. The molecule has 0 saturated carbocycles. The Kier molecular flexibility index (Phi) is 5.30. The monoisotopic (exact) mass is 348 g/mol. The molecule has 3 heterocycles. The van der Waals surface area contributed by atoms with Gasteiger partial charge in [0.05, 0.1) is 0 Å². The van der Waals surface area contributed by atoms with Gasteiger partial charge in [-0.15, -0.1) is 0 Å². The number of amides is 2. The lowest BCUT2D eigenvalue weighted by Gasteiger charge is -2.34. The summed E-state index contributed by atoms with van der Waals surface area (Å²) in [6.07, 6.45) is 3.27. The third-order valence-corrected chi connectivity index (χ3v) is 5.01. The highest BCUT2D eigenvalue weighted by atomic mass is 16.5. The molecule has 0 aromatic carbocycles. The van der Waals surface area contributed by atoms with Crippen LogP contribution in [0.5, 0.6) is 5.88 Å². The lowest BCUT2D eigenvalue weighted by atomic mass is 9.92. The molecular weight excluding hydrogens is 320 g/mol. The van der Waals surface area contributed by atoms with Crippen molar-refractivity contribution in [3.8, 4) is 5.88 Å². The lowest BCUT2D eigenvalue weighted by molar-refractivity contribution is -0.132. The van der Waals surface area contributed by atoms with Crippen LogP contribution in [0, 0.1) is 11.8 Å². The van der Waals surface area contributed by atoms with Crippen molar-refractivity contribution in [2.24, 2.45) is 18.9 Å². The average Bonchev–Trinajstić information content (AvgIpc) is 3.21. The Morgan fingerprint density at radius 3 is 2.44 bits per heavy atom. The van der Waals surface area contributed by atoms with Gasteiger partial charge in [-0.1, -0.05) is 13.8 Å². The smallest absolute Gasteiger partial charge is 0.274 e. The van der Waals surface area contributed by atoms with Crippen molar-refractivity contribution in [2.75, 3.05) is 32.8 Å². The van der Waals surface area contributed by atoms with E-state index in [4.69, 9.17) is 4.74 Å². The number of piperidine rings is 1. The van der Waals surface area contributed by atoms with Crippen LogP contribution in [0.25, 0.3) is 0 Å².